The van der Waals surface area contributed by atoms with Crippen LogP contribution in [0.25, 0.3) is 0 Å². The molecule has 0 atom stereocenters. The predicted octanol–water partition coefficient (Wildman–Crippen LogP) is 2.03. The van der Waals surface area contributed by atoms with Crippen LogP contribution in [0.5, 0.6) is 0 Å². The first-order chi connectivity index (χ1) is 12.3. The first kappa shape index (κ1) is 19.4. The van der Waals surface area contributed by atoms with Crippen LogP contribution in [-0.2, 0) is 11.3 Å². The molecule has 0 saturated heterocycles. The Morgan fingerprint density at radius 3 is 2.50 bits per heavy atom. The molecule has 0 fully saturated rings. The molecule has 0 aliphatic carbocycles. The van der Waals surface area contributed by atoms with Gasteiger partial charge in [0.05, 0.1) is 6.54 Å². The summed E-state index contributed by atoms with van der Waals surface area (Å²) in [5.41, 5.74) is 2.62. The third-order valence-corrected chi connectivity index (χ3v) is 3.86. The molecule has 0 radical (unpaired) electrons. The summed E-state index contributed by atoms with van der Waals surface area (Å²) in [5.74, 6) is -0.577. The molecule has 1 aromatic heterocycles. The Bertz CT molecular complexity index is 871. The van der Waals surface area contributed by atoms with Crippen molar-refractivity contribution in [2.24, 2.45) is 0 Å². The van der Waals surface area contributed by atoms with Crippen LogP contribution in [-0.4, -0.2) is 27.6 Å². The third kappa shape index (κ3) is 5.27. The smallest absolute Gasteiger partial charge is 0.276 e. The van der Waals surface area contributed by atoms with E-state index in [0.29, 0.717) is 5.69 Å². The Balaban J connectivity index is 2.09. The number of aromatic nitrogens is 2. The second-order valence-electron chi connectivity index (χ2n) is 6.51. The van der Waals surface area contributed by atoms with Gasteiger partial charge in [-0.25, -0.2) is 4.68 Å². The molecule has 2 N–H and O–H groups in total. The maximum absolute atomic E-state index is 12.4. The minimum absolute atomic E-state index is 0.0299. The lowest BCUT2D eigenvalue weighted by atomic mass is 10.1. The Morgan fingerprint density at radius 2 is 1.85 bits per heavy atom. The van der Waals surface area contributed by atoms with E-state index in [1.807, 2.05) is 45.9 Å². The molecule has 7 heteroatoms. The van der Waals surface area contributed by atoms with E-state index in [4.69, 9.17) is 0 Å². The van der Waals surface area contributed by atoms with Gasteiger partial charge in [-0.15, -0.1) is 0 Å². The van der Waals surface area contributed by atoms with Gasteiger partial charge in [-0.2, -0.15) is 5.10 Å². The Kier molecular flexibility index (Phi) is 6.27. The average molecular weight is 356 g/mol. The molecule has 2 amide bonds. The number of benzene rings is 1. The molecule has 138 valence electrons. The third-order valence-electron chi connectivity index (χ3n) is 3.86. The number of carbonyl (C=O) groups is 2. The number of aryl methyl sites for hydroxylation is 3. The summed E-state index contributed by atoms with van der Waals surface area (Å²) in [5, 5.41) is 9.59. The summed E-state index contributed by atoms with van der Waals surface area (Å²) in [6.07, 6.45) is 0.118. The van der Waals surface area contributed by atoms with Gasteiger partial charge < -0.3 is 10.6 Å². The lowest BCUT2D eigenvalue weighted by molar-refractivity contribution is -0.121. The number of anilines is 1. The minimum atomic E-state index is -0.409. The van der Waals surface area contributed by atoms with Crippen molar-refractivity contribution in [2.45, 2.75) is 46.7 Å². The topological polar surface area (TPSA) is 93.1 Å². The van der Waals surface area contributed by atoms with Crippen molar-refractivity contribution in [3.05, 3.63) is 57.5 Å². The lowest BCUT2D eigenvalue weighted by Crippen LogP contribution is -2.33. The molecule has 0 aliphatic rings. The highest BCUT2D eigenvalue weighted by molar-refractivity contribution is 6.02. The van der Waals surface area contributed by atoms with Gasteiger partial charge >= 0.3 is 0 Å². The summed E-state index contributed by atoms with van der Waals surface area (Å²) >= 11 is 0. The largest absolute Gasteiger partial charge is 0.354 e. The number of hydrogen-bond acceptors (Lipinski definition) is 4. The van der Waals surface area contributed by atoms with Gasteiger partial charge in [0.2, 0.25) is 5.91 Å². The number of nitrogens with zero attached hydrogens (tertiary/aromatic N) is 2. The van der Waals surface area contributed by atoms with Crippen molar-refractivity contribution < 1.29 is 9.59 Å². The SMILES string of the molecule is Cc1ccc(NC(=O)c2ccc(=O)n(CCC(=O)NC(C)C)n2)cc1C. The van der Waals surface area contributed by atoms with Crippen LogP contribution in [0.3, 0.4) is 0 Å². The Labute approximate surface area is 152 Å². The highest BCUT2D eigenvalue weighted by Gasteiger charge is 2.12. The van der Waals surface area contributed by atoms with Gasteiger partial charge in [0.25, 0.3) is 11.5 Å². The maximum atomic E-state index is 12.4. The molecule has 0 spiro atoms. The zero-order valence-electron chi connectivity index (χ0n) is 15.5. The molecule has 2 aromatic rings. The normalized spacial score (nSPS) is 10.7. The fourth-order valence-corrected chi connectivity index (χ4v) is 2.35. The van der Waals surface area contributed by atoms with Crippen LogP contribution >= 0.6 is 0 Å². The average Bonchev–Trinajstić information content (AvgIpc) is 2.56. The summed E-state index contributed by atoms with van der Waals surface area (Å²) in [4.78, 5) is 36.0. The zero-order valence-corrected chi connectivity index (χ0v) is 15.5. The van der Waals surface area contributed by atoms with Gasteiger partial charge in [-0.3, -0.25) is 14.4 Å². The second-order valence-corrected chi connectivity index (χ2v) is 6.51. The molecular weight excluding hydrogens is 332 g/mol. The van der Waals surface area contributed by atoms with Gasteiger partial charge in [-0.1, -0.05) is 6.07 Å². The van der Waals surface area contributed by atoms with E-state index in [9.17, 15) is 14.4 Å². The second kappa shape index (κ2) is 8.42. The fraction of sp³-hybridized carbons (Fsp3) is 0.368. The molecule has 2 rings (SSSR count). The first-order valence-electron chi connectivity index (χ1n) is 8.52. The summed E-state index contributed by atoms with van der Waals surface area (Å²) in [6, 6.07) is 8.30. The van der Waals surface area contributed by atoms with E-state index in [-0.39, 0.29) is 36.2 Å². The molecule has 1 aromatic carbocycles. The van der Waals surface area contributed by atoms with E-state index < -0.39 is 5.91 Å². The molecule has 0 unspecified atom stereocenters. The van der Waals surface area contributed by atoms with Gasteiger partial charge in [-0.05, 0) is 57.0 Å². The van der Waals surface area contributed by atoms with Crippen molar-refractivity contribution in [2.75, 3.05) is 5.32 Å². The highest BCUT2D eigenvalue weighted by atomic mass is 16.2. The van der Waals surface area contributed by atoms with E-state index in [1.165, 1.54) is 12.1 Å². The molecule has 0 bridgehead atoms. The van der Waals surface area contributed by atoms with Crippen LogP contribution in [0.4, 0.5) is 5.69 Å². The van der Waals surface area contributed by atoms with Crippen molar-refractivity contribution in [3.63, 3.8) is 0 Å². The van der Waals surface area contributed by atoms with Crippen LogP contribution in [0.2, 0.25) is 0 Å². The number of hydrogen-bond donors (Lipinski definition) is 2. The molecular formula is C19H24N4O3. The number of nitrogens with one attached hydrogen (secondary N) is 2. The molecule has 7 nitrogen and oxygen atoms in total. The van der Waals surface area contributed by atoms with Crippen LogP contribution in [0, 0.1) is 13.8 Å². The first-order valence-corrected chi connectivity index (χ1v) is 8.52. The molecule has 26 heavy (non-hydrogen) atoms. The highest BCUT2D eigenvalue weighted by Crippen LogP contribution is 2.14. The summed E-state index contributed by atoms with van der Waals surface area (Å²) < 4.78 is 1.13. The Hall–Kier alpha value is -2.96. The zero-order chi connectivity index (χ0) is 19.3. The molecule has 0 saturated carbocycles. The lowest BCUT2D eigenvalue weighted by Gasteiger charge is -2.10. The standard InChI is InChI=1S/C19H24N4O3/c1-12(2)20-17(24)9-10-23-18(25)8-7-16(22-23)19(26)21-15-6-5-13(3)14(4)11-15/h5-8,11-12H,9-10H2,1-4H3,(H,20,24)(H,21,26). The predicted molar refractivity (Wildman–Crippen MR) is 100 cm³/mol. The quantitative estimate of drug-likeness (QED) is 0.828. The van der Waals surface area contributed by atoms with Crippen molar-refractivity contribution in [1.29, 1.82) is 0 Å². The number of amides is 2. The van der Waals surface area contributed by atoms with E-state index in [1.54, 1.807) is 0 Å². The minimum Gasteiger partial charge on any atom is -0.354 e. The summed E-state index contributed by atoms with van der Waals surface area (Å²) in [6.45, 7) is 7.79. The van der Waals surface area contributed by atoms with Gasteiger partial charge in [0.15, 0.2) is 0 Å². The fourth-order valence-electron chi connectivity index (χ4n) is 2.35. The van der Waals surface area contributed by atoms with E-state index >= 15 is 0 Å². The van der Waals surface area contributed by atoms with Crippen LogP contribution in [0.1, 0.15) is 41.9 Å². The number of carbonyl (C=O) groups excluding carboxylic acids is 2. The van der Waals surface area contributed by atoms with Crippen molar-refractivity contribution in [1.82, 2.24) is 15.1 Å². The summed E-state index contributed by atoms with van der Waals surface area (Å²) in [7, 11) is 0. The van der Waals surface area contributed by atoms with E-state index in [0.717, 1.165) is 15.8 Å². The van der Waals surface area contributed by atoms with Crippen LogP contribution in [0.15, 0.2) is 35.1 Å². The van der Waals surface area contributed by atoms with Crippen LogP contribution < -0.4 is 16.2 Å². The van der Waals surface area contributed by atoms with Crippen molar-refractivity contribution in [3.8, 4) is 0 Å². The monoisotopic (exact) mass is 356 g/mol. The van der Waals surface area contributed by atoms with Crippen molar-refractivity contribution >= 4 is 17.5 Å². The number of rotatable bonds is 6. The van der Waals surface area contributed by atoms with Gasteiger partial charge in [0.1, 0.15) is 5.69 Å². The van der Waals surface area contributed by atoms with E-state index in [2.05, 4.69) is 15.7 Å². The molecule has 1 heterocycles. The Morgan fingerprint density at radius 1 is 1.12 bits per heavy atom. The maximum Gasteiger partial charge on any atom is 0.276 e. The molecule has 0 aliphatic heterocycles. The van der Waals surface area contributed by atoms with Gasteiger partial charge in [0, 0.05) is 24.2 Å².